The number of halogens is 3. The van der Waals surface area contributed by atoms with Crippen molar-refractivity contribution < 1.29 is 18.6 Å². The summed E-state index contributed by atoms with van der Waals surface area (Å²) in [7, 11) is 0. The van der Waals surface area contributed by atoms with Gasteiger partial charge in [0, 0.05) is 35.1 Å². The van der Waals surface area contributed by atoms with Crippen LogP contribution in [-0.2, 0) is 0 Å². The fraction of sp³-hybridized carbons (Fsp3) is 0.423. The summed E-state index contributed by atoms with van der Waals surface area (Å²) in [6.07, 6.45) is 1.78. The van der Waals surface area contributed by atoms with E-state index in [1.807, 2.05) is 18.2 Å². The Labute approximate surface area is 214 Å². The number of aliphatic hydroxyl groups is 1. The van der Waals surface area contributed by atoms with Gasteiger partial charge in [0.25, 0.3) is 0 Å². The third-order valence-electron chi connectivity index (χ3n) is 6.21. The minimum atomic E-state index is -3.07. The van der Waals surface area contributed by atoms with Gasteiger partial charge < -0.3 is 15.2 Å². The fourth-order valence-corrected chi connectivity index (χ4v) is 5.48. The molecule has 5 nitrogen and oxygen atoms in total. The van der Waals surface area contributed by atoms with E-state index in [2.05, 4.69) is 35.4 Å². The predicted molar refractivity (Wildman–Crippen MR) is 140 cm³/mol. The van der Waals surface area contributed by atoms with Crippen LogP contribution in [-0.4, -0.2) is 53.9 Å². The molecule has 0 saturated carbocycles. The lowest BCUT2D eigenvalue weighted by molar-refractivity contribution is -0.157. The van der Waals surface area contributed by atoms with Crippen LogP contribution in [0.2, 0.25) is 0 Å². The van der Waals surface area contributed by atoms with Crippen molar-refractivity contribution in [2.24, 2.45) is 4.99 Å². The molecule has 2 aromatic rings. The quantitative estimate of drug-likeness (QED) is 0.260. The molecule has 0 radical (unpaired) electrons. The largest absolute Gasteiger partial charge is 0.491 e. The van der Waals surface area contributed by atoms with E-state index in [0.29, 0.717) is 17.2 Å². The lowest BCUT2D eigenvalue weighted by atomic mass is 9.88. The Morgan fingerprint density at radius 1 is 1.29 bits per heavy atom. The van der Waals surface area contributed by atoms with E-state index in [-0.39, 0.29) is 32.2 Å². The molecule has 1 unspecified atom stereocenters. The fourth-order valence-electron chi connectivity index (χ4n) is 4.56. The van der Waals surface area contributed by atoms with Crippen LogP contribution in [0.15, 0.2) is 57.5 Å². The standard InChI is InChI=1S/C26H30ClF2N3O2S/c1-3-32(11-12-33)26(28,29)10-13-34-22-9-8-20(17-6-5-7-19(14-17)35-4-2)23-21-15-18(27)16-30-25(21)31-24(22)23/h5-9,14,16,21,33H,3-4,10-13,15H2,1-2H3,(H,30,31). The highest BCUT2D eigenvalue weighted by Crippen LogP contribution is 2.49. The minimum Gasteiger partial charge on any atom is -0.491 e. The van der Waals surface area contributed by atoms with Gasteiger partial charge >= 0.3 is 6.05 Å². The number of thioether (sulfide) groups is 1. The summed E-state index contributed by atoms with van der Waals surface area (Å²) in [5.74, 6) is 2.22. The third kappa shape index (κ3) is 5.66. The van der Waals surface area contributed by atoms with E-state index in [1.54, 1.807) is 24.9 Å². The topological polar surface area (TPSA) is 57.1 Å². The lowest BCUT2D eigenvalue weighted by Crippen LogP contribution is -2.44. The van der Waals surface area contributed by atoms with Crippen LogP contribution in [0.1, 0.15) is 38.2 Å². The van der Waals surface area contributed by atoms with Gasteiger partial charge in [-0.1, -0.05) is 43.6 Å². The van der Waals surface area contributed by atoms with Gasteiger partial charge in [0.2, 0.25) is 0 Å². The summed E-state index contributed by atoms with van der Waals surface area (Å²) < 4.78 is 35.1. The Balaban J connectivity index is 1.63. The number of aliphatic hydroxyl groups excluding tert-OH is 1. The number of amidine groups is 1. The molecule has 0 aromatic heterocycles. The van der Waals surface area contributed by atoms with Crippen molar-refractivity contribution in [3.63, 3.8) is 0 Å². The molecule has 2 heterocycles. The maximum absolute atomic E-state index is 14.6. The SMILES string of the molecule is CCSc1cccc(-c2ccc(OCCC(F)(F)N(CC)CCO)c3c2C2CC(Cl)=CN=C2N3)c1. The van der Waals surface area contributed by atoms with Crippen molar-refractivity contribution in [2.45, 2.75) is 43.5 Å². The lowest BCUT2D eigenvalue weighted by Gasteiger charge is -2.29. The Hall–Kier alpha value is -2.13. The number of allylic oxidation sites excluding steroid dienone is 1. The predicted octanol–water partition coefficient (Wildman–Crippen LogP) is 6.53. The maximum Gasteiger partial charge on any atom is 0.308 e. The molecule has 0 aliphatic carbocycles. The zero-order valence-electron chi connectivity index (χ0n) is 19.9. The highest BCUT2D eigenvalue weighted by atomic mass is 35.5. The van der Waals surface area contributed by atoms with Crippen LogP contribution in [0, 0.1) is 0 Å². The molecule has 0 saturated heterocycles. The smallest absolute Gasteiger partial charge is 0.308 e. The van der Waals surface area contributed by atoms with E-state index in [9.17, 15) is 8.78 Å². The first-order chi connectivity index (χ1) is 16.9. The number of hydrogen-bond acceptors (Lipinski definition) is 6. The number of hydrogen-bond donors (Lipinski definition) is 2. The van der Waals surface area contributed by atoms with Crippen molar-refractivity contribution in [3.8, 4) is 16.9 Å². The highest BCUT2D eigenvalue weighted by Gasteiger charge is 2.37. The van der Waals surface area contributed by atoms with Crippen molar-refractivity contribution in [1.29, 1.82) is 0 Å². The summed E-state index contributed by atoms with van der Waals surface area (Å²) in [6.45, 7) is 3.35. The number of anilines is 1. The molecule has 4 rings (SSSR count). The molecule has 0 amide bonds. The first-order valence-corrected chi connectivity index (χ1v) is 13.2. The first kappa shape index (κ1) is 25.9. The average Bonchev–Trinajstić information content (AvgIpc) is 3.22. The second-order valence-corrected chi connectivity index (χ2v) is 10.2. The summed E-state index contributed by atoms with van der Waals surface area (Å²) in [6, 6.07) is 9.13. The number of aliphatic imine (C=N–C) groups is 1. The van der Waals surface area contributed by atoms with Crippen molar-refractivity contribution in [1.82, 2.24) is 4.90 Å². The molecule has 0 bridgehead atoms. The minimum absolute atomic E-state index is 0.0508. The molecule has 2 aliphatic heterocycles. The molecule has 2 aliphatic rings. The van der Waals surface area contributed by atoms with Crippen LogP contribution in [0.4, 0.5) is 14.5 Å². The molecule has 2 N–H and O–H groups in total. The second-order valence-electron chi connectivity index (χ2n) is 8.40. The second kappa shape index (κ2) is 11.3. The molecule has 188 valence electrons. The zero-order chi connectivity index (χ0) is 25.0. The van der Waals surface area contributed by atoms with E-state index in [1.165, 1.54) is 4.90 Å². The number of benzene rings is 2. The zero-order valence-corrected chi connectivity index (χ0v) is 21.4. The monoisotopic (exact) mass is 521 g/mol. The molecular weight excluding hydrogens is 492 g/mol. The van der Waals surface area contributed by atoms with Gasteiger partial charge in [-0.3, -0.25) is 0 Å². The maximum atomic E-state index is 14.6. The van der Waals surface area contributed by atoms with Gasteiger partial charge in [0.05, 0.1) is 25.3 Å². The highest BCUT2D eigenvalue weighted by molar-refractivity contribution is 7.99. The van der Waals surface area contributed by atoms with E-state index < -0.39 is 12.5 Å². The Morgan fingerprint density at radius 2 is 2.11 bits per heavy atom. The molecule has 0 spiro atoms. The normalized spacial score (nSPS) is 16.9. The first-order valence-electron chi connectivity index (χ1n) is 11.8. The molecule has 1 atom stereocenters. The van der Waals surface area contributed by atoms with E-state index in [4.69, 9.17) is 21.4 Å². The summed E-state index contributed by atoms with van der Waals surface area (Å²) in [5.41, 5.74) is 3.90. The number of nitrogens with one attached hydrogen (secondary N) is 1. The molecule has 35 heavy (non-hydrogen) atoms. The summed E-state index contributed by atoms with van der Waals surface area (Å²) in [4.78, 5) is 6.63. The van der Waals surface area contributed by atoms with E-state index >= 15 is 0 Å². The van der Waals surface area contributed by atoms with Gasteiger partial charge in [-0.15, -0.1) is 11.8 Å². The van der Waals surface area contributed by atoms with Crippen LogP contribution in [0.25, 0.3) is 11.1 Å². The number of fused-ring (bicyclic) bond motifs is 3. The van der Waals surface area contributed by atoms with Crippen LogP contribution >= 0.6 is 23.4 Å². The number of alkyl halides is 2. The van der Waals surface area contributed by atoms with Gasteiger partial charge in [-0.05, 0) is 47.1 Å². The Bertz CT molecular complexity index is 1130. The number of rotatable bonds is 11. The van der Waals surface area contributed by atoms with Crippen LogP contribution in [0.3, 0.4) is 0 Å². The van der Waals surface area contributed by atoms with Crippen LogP contribution < -0.4 is 10.1 Å². The van der Waals surface area contributed by atoms with Gasteiger partial charge in [-0.25, -0.2) is 9.89 Å². The third-order valence-corrected chi connectivity index (χ3v) is 7.34. The summed E-state index contributed by atoms with van der Waals surface area (Å²) >= 11 is 8.12. The van der Waals surface area contributed by atoms with E-state index in [0.717, 1.165) is 38.9 Å². The number of ether oxygens (including phenoxy) is 1. The van der Waals surface area contributed by atoms with Crippen molar-refractivity contribution in [2.75, 3.05) is 37.4 Å². The van der Waals surface area contributed by atoms with Crippen molar-refractivity contribution >= 4 is 34.9 Å². The Kier molecular flexibility index (Phi) is 8.37. The molecule has 2 aromatic carbocycles. The molecule has 0 fully saturated rings. The molecule has 9 heteroatoms. The Morgan fingerprint density at radius 3 is 2.86 bits per heavy atom. The average molecular weight is 522 g/mol. The molecular formula is C26H30ClF2N3O2S. The summed E-state index contributed by atoms with van der Waals surface area (Å²) in [5, 5.41) is 13.1. The number of nitrogens with zero attached hydrogens (tertiary/aromatic N) is 2. The number of likely N-dealkylation sites (N-methyl/N-ethyl adjacent to an activating group) is 1. The van der Waals surface area contributed by atoms with Gasteiger partial charge in [0.1, 0.15) is 11.6 Å². The van der Waals surface area contributed by atoms with Gasteiger partial charge in [-0.2, -0.15) is 8.78 Å². The van der Waals surface area contributed by atoms with Gasteiger partial charge in [0.15, 0.2) is 0 Å². The van der Waals surface area contributed by atoms with Crippen LogP contribution in [0.5, 0.6) is 5.75 Å². The van der Waals surface area contributed by atoms with Crippen molar-refractivity contribution in [3.05, 3.63) is 53.2 Å².